The van der Waals surface area contributed by atoms with Crippen molar-refractivity contribution in [2.75, 3.05) is 6.61 Å². The first kappa shape index (κ1) is 24.2. The quantitative estimate of drug-likeness (QED) is 0.276. The van der Waals surface area contributed by atoms with Gasteiger partial charge in [0.25, 0.3) is 0 Å². The van der Waals surface area contributed by atoms with Crippen LogP contribution in [0.5, 0.6) is 0 Å². The summed E-state index contributed by atoms with van der Waals surface area (Å²) in [6, 6.07) is 0. The van der Waals surface area contributed by atoms with Gasteiger partial charge in [0, 0.05) is 18.8 Å². The van der Waals surface area contributed by atoms with E-state index in [1.807, 2.05) is 13.8 Å². The number of hydrogen-bond donors (Lipinski definition) is 0. The predicted molar refractivity (Wildman–Crippen MR) is 105 cm³/mol. The van der Waals surface area contributed by atoms with Crippen LogP contribution in [0.15, 0.2) is 12.2 Å². The second-order valence-electron chi connectivity index (χ2n) is 7.34. The van der Waals surface area contributed by atoms with Gasteiger partial charge in [0.05, 0.1) is 6.61 Å². The van der Waals surface area contributed by atoms with Crippen LogP contribution in [0.3, 0.4) is 0 Å². The molecule has 0 saturated heterocycles. The van der Waals surface area contributed by atoms with Crippen molar-refractivity contribution >= 4 is 11.9 Å². The van der Waals surface area contributed by atoms with Gasteiger partial charge in [0.15, 0.2) is 6.10 Å². The molecule has 2 atom stereocenters. The van der Waals surface area contributed by atoms with E-state index in [4.69, 9.17) is 9.47 Å². The molecule has 0 aromatic rings. The minimum atomic E-state index is -0.429. The van der Waals surface area contributed by atoms with Gasteiger partial charge < -0.3 is 9.47 Å². The Kier molecular flexibility index (Phi) is 13.4. The van der Waals surface area contributed by atoms with Crippen LogP contribution in [0, 0.1) is 23.7 Å². The molecule has 0 bridgehead atoms. The number of esters is 2. The normalized spacial score (nSPS) is 12.7. The molecule has 2 unspecified atom stereocenters. The molecule has 26 heavy (non-hydrogen) atoms. The van der Waals surface area contributed by atoms with Gasteiger partial charge in [-0.05, 0) is 44.1 Å². The third-order valence-electron chi connectivity index (χ3n) is 3.90. The van der Waals surface area contributed by atoms with Crippen LogP contribution in [0.25, 0.3) is 0 Å². The summed E-state index contributed by atoms with van der Waals surface area (Å²) in [7, 11) is 0. The SMILES string of the molecule is C=C(C)C#CC(OC(=O)CCCC(=O)OCCCC(C)C)C(C)CCC. The Bertz CT molecular complexity index is 496. The maximum absolute atomic E-state index is 12.1. The average molecular weight is 365 g/mol. The average Bonchev–Trinajstić information content (AvgIpc) is 2.55. The largest absolute Gasteiger partial charge is 0.466 e. The van der Waals surface area contributed by atoms with Crippen molar-refractivity contribution < 1.29 is 19.1 Å². The van der Waals surface area contributed by atoms with Gasteiger partial charge in [-0.1, -0.05) is 52.5 Å². The molecule has 0 aromatic carbocycles. The molecular weight excluding hydrogens is 328 g/mol. The molecule has 148 valence electrons. The van der Waals surface area contributed by atoms with E-state index in [0.29, 0.717) is 18.9 Å². The fourth-order valence-corrected chi connectivity index (χ4v) is 2.42. The molecular formula is C22H36O4. The molecule has 4 nitrogen and oxygen atoms in total. The lowest BCUT2D eigenvalue weighted by atomic mass is 9.99. The first-order valence-electron chi connectivity index (χ1n) is 9.78. The Morgan fingerprint density at radius 1 is 1.04 bits per heavy atom. The maximum Gasteiger partial charge on any atom is 0.307 e. The van der Waals surface area contributed by atoms with Gasteiger partial charge in [-0.15, -0.1) is 0 Å². The smallest absolute Gasteiger partial charge is 0.307 e. The highest BCUT2D eigenvalue weighted by Gasteiger charge is 2.19. The summed E-state index contributed by atoms with van der Waals surface area (Å²) in [6.45, 7) is 14.4. The van der Waals surface area contributed by atoms with E-state index >= 15 is 0 Å². The Morgan fingerprint density at radius 3 is 2.27 bits per heavy atom. The minimum Gasteiger partial charge on any atom is -0.466 e. The van der Waals surface area contributed by atoms with Crippen molar-refractivity contribution in [3.05, 3.63) is 12.2 Å². The summed E-state index contributed by atoms with van der Waals surface area (Å²) in [5.41, 5.74) is 0.745. The van der Waals surface area contributed by atoms with Gasteiger partial charge in [0.2, 0.25) is 0 Å². The van der Waals surface area contributed by atoms with Crippen LogP contribution in [0.2, 0.25) is 0 Å². The second kappa shape index (κ2) is 14.4. The molecule has 0 N–H and O–H groups in total. The van der Waals surface area contributed by atoms with Crippen LogP contribution in [-0.4, -0.2) is 24.6 Å². The van der Waals surface area contributed by atoms with E-state index in [1.54, 1.807) is 0 Å². The minimum absolute atomic E-state index is 0.168. The van der Waals surface area contributed by atoms with E-state index in [9.17, 15) is 9.59 Å². The van der Waals surface area contributed by atoms with Gasteiger partial charge >= 0.3 is 11.9 Å². The predicted octanol–water partition coefficient (Wildman–Crippen LogP) is 5.06. The molecule has 4 heteroatoms. The fourth-order valence-electron chi connectivity index (χ4n) is 2.42. The third-order valence-corrected chi connectivity index (χ3v) is 3.90. The summed E-state index contributed by atoms with van der Waals surface area (Å²) < 4.78 is 10.7. The van der Waals surface area contributed by atoms with Crippen LogP contribution >= 0.6 is 0 Å². The molecule has 0 aliphatic heterocycles. The number of allylic oxidation sites excluding steroid dienone is 1. The molecule has 0 spiro atoms. The van der Waals surface area contributed by atoms with Crippen molar-refractivity contribution in [3.63, 3.8) is 0 Å². The highest BCUT2D eigenvalue weighted by atomic mass is 16.5. The summed E-state index contributed by atoms with van der Waals surface area (Å²) >= 11 is 0. The summed E-state index contributed by atoms with van der Waals surface area (Å²) in [5.74, 6) is 6.11. The van der Waals surface area contributed by atoms with Gasteiger partial charge in [0.1, 0.15) is 0 Å². The molecule has 0 radical (unpaired) electrons. The first-order valence-corrected chi connectivity index (χ1v) is 9.78. The van der Waals surface area contributed by atoms with Crippen molar-refractivity contribution in [2.24, 2.45) is 11.8 Å². The van der Waals surface area contributed by atoms with Crippen LogP contribution in [-0.2, 0) is 19.1 Å². The third kappa shape index (κ3) is 13.5. The highest BCUT2D eigenvalue weighted by Crippen LogP contribution is 2.15. The lowest BCUT2D eigenvalue weighted by molar-refractivity contribution is -0.149. The molecule has 0 saturated carbocycles. The summed E-state index contributed by atoms with van der Waals surface area (Å²) in [6.07, 6.45) is 4.31. The number of ether oxygens (including phenoxy) is 2. The molecule has 0 amide bonds. The lowest BCUT2D eigenvalue weighted by Gasteiger charge is -2.19. The second-order valence-corrected chi connectivity index (χ2v) is 7.34. The highest BCUT2D eigenvalue weighted by molar-refractivity contribution is 5.72. The number of rotatable bonds is 12. The van der Waals surface area contributed by atoms with E-state index < -0.39 is 6.10 Å². The first-order chi connectivity index (χ1) is 12.3. The zero-order chi connectivity index (χ0) is 19.9. The maximum atomic E-state index is 12.1. The topological polar surface area (TPSA) is 52.6 Å². The van der Waals surface area contributed by atoms with Crippen LogP contribution in [0.1, 0.15) is 79.6 Å². The van der Waals surface area contributed by atoms with Gasteiger partial charge in [-0.2, -0.15) is 0 Å². The van der Waals surface area contributed by atoms with Crippen LogP contribution in [0.4, 0.5) is 0 Å². The zero-order valence-corrected chi connectivity index (χ0v) is 17.2. The lowest BCUT2D eigenvalue weighted by Crippen LogP contribution is -2.24. The molecule has 0 rings (SSSR count). The van der Waals surface area contributed by atoms with E-state index in [-0.39, 0.29) is 30.7 Å². The summed E-state index contributed by atoms with van der Waals surface area (Å²) in [5, 5.41) is 0. The molecule has 0 aromatic heterocycles. The Labute approximate surface area is 159 Å². The molecule has 0 heterocycles. The van der Waals surface area contributed by atoms with Gasteiger partial charge in [-0.25, -0.2) is 0 Å². The van der Waals surface area contributed by atoms with Crippen molar-refractivity contribution in [1.29, 1.82) is 0 Å². The molecule has 0 aliphatic rings. The van der Waals surface area contributed by atoms with Crippen molar-refractivity contribution in [1.82, 2.24) is 0 Å². The molecule has 0 aliphatic carbocycles. The molecule has 0 fully saturated rings. The van der Waals surface area contributed by atoms with Gasteiger partial charge in [-0.3, -0.25) is 9.59 Å². The monoisotopic (exact) mass is 364 g/mol. The van der Waals surface area contributed by atoms with E-state index in [0.717, 1.165) is 31.3 Å². The Hall–Kier alpha value is -1.76. The number of hydrogen-bond acceptors (Lipinski definition) is 4. The summed E-state index contributed by atoms with van der Waals surface area (Å²) in [4.78, 5) is 23.7. The van der Waals surface area contributed by atoms with Crippen molar-refractivity contribution in [3.8, 4) is 11.8 Å². The van der Waals surface area contributed by atoms with E-state index in [1.165, 1.54) is 0 Å². The van der Waals surface area contributed by atoms with Crippen molar-refractivity contribution in [2.45, 2.75) is 85.7 Å². The number of carbonyl (C=O) groups is 2. The van der Waals surface area contributed by atoms with Crippen LogP contribution < -0.4 is 0 Å². The fraction of sp³-hybridized carbons (Fsp3) is 0.727. The number of carbonyl (C=O) groups excluding carboxylic acids is 2. The Balaban J connectivity index is 4.21. The zero-order valence-electron chi connectivity index (χ0n) is 17.2. The van der Waals surface area contributed by atoms with E-state index in [2.05, 4.69) is 39.2 Å². The Morgan fingerprint density at radius 2 is 1.69 bits per heavy atom. The standard InChI is InChI=1S/C22H36O4/c1-7-10-19(6)20(15-14-18(4)5)26-22(24)13-8-12-21(23)25-16-9-11-17(2)3/h17,19-20H,4,7-13,16H2,1-3,5-6H3.